The molecule has 2 aromatic carbocycles. The van der Waals surface area contributed by atoms with Gasteiger partial charge < -0.3 is 29.8 Å². The van der Waals surface area contributed by atoms with Crippen molar-refractivity contribution < 1.29 is 29.3 Å². The number of rotatable bonds is 9. The minimum Gasteiger partial charge on any atom is -0.495 e. The molecule has 0 aliphatic carbocycles. The number of nitrogens with zero attached hydrogens (tertiary/aromatic N) is 2. The van der Waals surface area contributed by atoms with E-state index in [0.29, 0.717) is 35.1 Å². The third-order valence-corrected chi connectivity index (χ3v) is 5.87. The van der Waals surface area contributed by atoms with Crippen LogP contribution in [-0.4, -0.2) is 44.6 Å². The van der Waals surface area contributed by atoms with E-state index in [1.165, 1.54) is 0 Å². The quantitative estimate of drug-likeness (QED) is 0.485. The van der Waals surface area contributed by atoms with Crippen molar-refractivity contribution in [2.45, 2.75) is 25.8 Å². The minimum absolute atomic E-state index is 0.200. The van der Waals surface area contributed by atoms with Gasteiger partial charge >= 0.3 is 0 Å². The number of hydrogen-bond donors (Lipinski definition) is 2. The molecule has 0 bridgehead atoms. The van der Waals surface area contributed by atoms with Crippen molar-refractivity contribution in [2.24, 2.45) is 4.99 Å². The number of carbonyl (C=O) groups is 1. The van der Waals surface area contributed by atoms with Crippen LogP contribution in [0.3, 0.4) is 0 Å². The first-order valence-electron chi connectivity index (χ1n) is 11.1. The molecule has 0 spiro atoms. The number of anilines is 1. The highest BCUT2D eigenvalue weighted by Gasteiger charge is 2.22. The van der Waals surface area contributed by atoms with Gasteiger partial charge in [-0.3, -0.25) is 9.79 Å². The van der Waals surface area contributed by atoms with Crippen molar-refractivity contribution in [1.82, 2.24) is 5.16 Å². The Morgan fingerprint density at radius 1 is 1.11 bits per heavy atom. The number of benzene rings is 2. The van der Waals surface area contributed by atoms with Gasteiger partial charge in [-0.15, -0.1) is 0 Å². The molecule has 3 aromatic rings. The molecule has 1 aliphatic rings. The van der Waals surface area contributed by atoms with Crippen LogP contribution in [0.25, 0.3) is 22.4 Å². The van der Waals surface area contributed by atoms with E-state index in [1.807, 2.05) is 37.4 Å². The van der Waals surface area contributed by atoms with Crippen LogP contribution in [0.1, 0.15) is 18.4 Å². The van der Waals surface area contributed by atoms with Crippen LogP contribution >= 0.6 is 0 Å². The topological polar surface area (TPSA) is 123 Å². The van der Waals surface area contributed by atoms with Crippen LogP contribution < -0.4 is 25.3 Å². The average Bonchev–Trinajstić information content (AvgIpc) is 3.55. The van der Waals surface area contributed by atoms with E-state index < -0.39 is 6.04 Å². The van der Waals surface area contributed by atoms with Crippen LogP contribution in [0.4, 0.5) is 5.69 Å². The second kappa shape index (κ2) is 10.4. The maximum absolute atomic E-state index is 12.9. The second-order valence-electron chi connectivity index (χ2n) is 8.23. The first kappa shape index (κ1) is 24.0. The maximum Gasteiger partial charge on any atom is 0.282 e. The number of nitrogens with one attached hydrogen (secondary N) is 1. The molecule has 1 aromatic heterocycles. The number of hydrogen-bond acceptors (Lipinski definition) is 7. The molecule has 0 saturated carbocycles. The van der Waals surface area contributed by atoms with Gasteiger partial charge in [-0.05, 0) is 47.9 Å². The summed E-state index contributed by atoms with van der Waals surface area (Å²) in [6.45, 7) is 1.94. The minimum atomic E-state index is -0.461. The van der Waals surface area contributed by atoms with Gasteiger partial charge in [0.2, 0.25) is 0 Å². The number of amides is 1. The fourth-order valence-corrected chi connectivity index (χ4v) is 4.08. The lowest BCUT2D eigenvalue weighted by atomic mass is 9.99. The summed E-state index contributed by atoms with van der Waals surface area (Å²) in [7, 11) is 4.76. The lowest BCUT2D eigenvalue weighted by Crippen LogP contribution is -2.66. The van der Waals surface area contributed by atoms with E-state index in [2.05, 4.69) is 21.2 Å². The summed E-state index contributed by atoms with van der Waals surface area (Å²) in [5, 5.41) is 7.19. The highest BCUT2D eigenvalue weighted by Crippen LogP contribution is 2.40. The van der Waals surface area contributed by atoms with Gasteiger partial charge in [-0.1, -0.05) is 11.2 Å². The van der Waals surface area contributed by atoms with Crippen LogP contribution in [0, 0.1) is 6.92 Å². The summed E-state index contributed by atoms with van der Waals surface area (Å²) in [4.78, 5) is 17.0. The van der Waals surface area contributed by atoms with E-state index in [-0.39, 0.29) is 5.91 Å². The molecule has 0 saturated heterocycles. The fraction of sp³-hybridized carbons (Fsp3) is 0.269. The zero-order chi connectivity index (χ0) is 24.9. The average molecular weight is 478 g/mol. The highest BCUT2D eigenvalue weighted by atomic mass is 16.5. The molecule has 0 fully saturated rings. The van der Waals surface area contributed by atoms with E-state index in [9.17, 15) is 4.79 Å². The Morgan fingerprint density at radius 2 is 1.91 bits per heavy atom. The second-order valence-corrected chi connectivity index (χ2v) is 8.23. The Morgan fingerprint density at radius 3 is 2.60 bits per heavy atom. The Kier molecular flexibility index (Phi) is 7.17. The van der Waals surface area contributed by atoms with Gasteiger partial charge in [0.05, 0.1) is 27.0 Å². The number of aliphatic imine (C=N–C) groups is 1. The zero-order valence-electron chi connectivity index (χ0n) is 20.3. The molecule has 9 heteroatoms. The van der Waals surface area contributed by atoms with Crippen molar-refractivity contribution in [2.75, 3.05) is 26.6 Å². The Balaban J connectivity index is 1.64. The van der Waals surface area contributed by atoms with E-state index in [1.54, 1.807) is 39.9 Å². The SMILES string of the molecule is COc1ccc(-c2conc2-c2cc(C)c(OC)c(OC)c2)cc1NC(=O)C([NH3+])CC1=CN=CC1. The molecule has 1 amide bonds. The molecule has 35 heavy (non-hydrogen) atoms. The molecule has 1 atom stereocenters. The van der Waals surface area contributed by atoms with E-state index in [0.717, 1.165) is 34.2 Å². The van der Waals surface area contributed by atoms with Gasteiger partial charge in [0, 0.05) is 36.4 Å². The lowest BCUT2D eigenvalue weighted by molar-refractivity contribution is -0.401. The molecule has 2 heterocycles. The molecule has 182 valence electrons. The zero-order valence-corrected chi connectivity index (χ0v) is 20.3. The number of aryl methyl sites for hydroxylation is 1. The molecular formula is C26H29N4O5+. The number of carbonyl (C=O) groups excluding carboxylic acids is 1. The van der Waals surface area contributed by atoms with Crippen LogP contribution in [-0.2, 0) is 4.79 Å². The molecule has 4 N–H and O–H groups in total. The first-order valence-corrected chi connectivity index (χ1v) is 11.1. The van der Waals surface area contributed by atoms with Crippen molar-refractivity contribution in [3.63, 3.8) is 0 Å². The van der Waals surface area contributed by atoms with Gasteiger partial charge in [0.15, 0.2) is 17.5 Å². The predicted octanol–water partition coefficient (Wildman–Crippen LogP) is 3.64. The van der Waals surface area contributed by atoms with Crippen LogP contribution in [0.2, 0.25) is 0 Å². The van der Waals surface area contributed by atoms with Crippen LogP contribution in [0.15, 0.2) is 57.9 Å². The van der Waals surface area contributed by atoms with E-state index in [4.69, 9.17) is 18.7 Å². The monoisotopic (exact) mass is 477 g/mol. The molecule has 4 rings (SSSR count). The number of quaternary nitrogens is 1. The Labute approximate surface area is 203 Å². The summed E-state index contributed by atoms with van der Waals surface area (Å²) < 4.78 is 21.8. The third-order valence-electron chi connectivity index (χ3n) is 5.87. The fourth-order valence-electron chi connectivity index (χ4n) is 4.08. The normalized spacial score (nSPS) is 13.3. The molecule has 9 nitrogen and oxygen atoms in total. The molecule has 1 aliphatic heterocycles. The first-order chi connectivity index (χ1) is 16.9. The number of aromatic nitrogens is 1. The number of ether oxygens (including phenoxy) is 3. The van der Waals surface area contributed by atoms with Crippen molar-refractivity contribution in [1.29, 1.82) is 0 Å². The Hall–Kier alpha value is -4.11. The third kappa shape index (κ3) is 5.04. The van der Waals surface area contributed by atoms with E-state index >= 15 is 0 Å². The molecule has 1 unspecified atom stereocenters. The molecule has 0 radical (unpaired) electrons. The van der Waals surface area contributed by atoms with Gasteiger partial charge in [-0.25, -0.2) is 0 Å². The van der Waals surface area contributed by atoms with Gasteiger partial charge in [-0.2, -0.15) is 0 Å². The predicted molar refractivity (Wildman–Crippen MR) is 133 cm³/mol. The van der Waals surface area contributed by atoms with Crippen molar-refractivity contribution in [3.05, 3.63) is 53.9 Å². The van der Waals surface area contributed by atoms with Crippen molar-refractivity contribution >= 4 is 17.8 Å². The summed E-state index contributed by atoms with van der Waals surface area (Å²) in [6, 6.07) is 8.88. The van der Waals surface area contributed by atoms with Gasteiger partial charge in [0.25, 0.3) is 5.91 Å². The number of methoxy groups -OCH3 is 3. The maximum atomic E-state index is 12.9. The largest absolute Gasteiger partial charge is 0.495 e. The summed E-state index contributed by atoms with van der Waals surface area (Å²) in [6.07, 6.45) is 6.48. The van der Waals surface area contributed by atoms with Gasteiger partial charge in [0.1, 0.15) is 17.7 Å². The molecular weight excluding hydrogens is 448 g/mol. The summed E-state index contributed by atoms with van der Waals surface area (Å²) in [5.74, 6) is 1.61. The summed E-state index contributed by atoms with van der Waals surface area (Å²) >= 11 is 0. The van der Waals surface area contributed by atoms with Crippen molar-refractivity contribution in [3.8, 4) is 39.6 Å². The highest BCUT2D eigenvalue weighted by molar-refractivity contribution is 5.96. The standard InChI is InChI=1S/C26H28N4O5/c1-15-9-18(12-23(33-3)25(15)34-4)24-19(14-35-30-24)17-5-6-22(32-2)21(11-17)29-26(31)20(27)10-16-7-8-28-13-16/h5-6,8-9,11-14,20H,7,10,27H2,1-4H3,(H,29,31)/p+1. The summed E-state index contributed by atoms with van der Waals surface area (Å²) in [5.41, 5.74) is 9.56. The lowest BCUT2D eigenvalue weighted by Gasteiger charge is -2.15. The Bertz CT molecular complexity index is 1290. The smallest absolute Gasteiger partial charge is 0.282 e. The van der Waals surface area contributed by atoms with Crippen LogP contribution in [0.5, 0.6) is 17.2 Å².